The van der Waals surface area contributed by atoms with Gasteiger partial charge in [-0.25, -0.2) is 9.78 Å². The number of aryl methyl sites for hydroxylation is 1. The van der Waals surface area contributed by atoms with E-state index in [1.807, 2.05) is 91.9 Å². The first-order chi connectivity index (χ1) is 19.1. The number of hydrogen-bond acceptors (Lipinski definition) is 8. The van der Waals surface area contributed by atoms with E-state index in [-0.39, 0.29) is 13.4 Å². The monoisotopic (exact) mass is 540 g/mol. The third-order valence-electron chi connectivity index (χ3n) is 6.38. The van der Waals surface area contributed by atoms with E-state index in [0.717, 1.165) is 39.6 Å². The van der Waals surface area contributed by atoms with E-state index in [4.69, 9.17) is 13.9 Å². The van der Waals surface area contributed by atoms with Crippen molar-refractivity contribution in [2.24, 2.45) is 0 Å². The summed E-state index contributed by atoms with van der Waals surface area (Å²) in [4.78, 5) is 17.5. The molecule has 2 heterocycles. The smallest absolute Gasteiger partial charge is 0.357 e. The molecule has 8 nitrogen and oxygen atoms in total. The average molecular weight is 541 g/mol. The molecule has 0 saturated carbocycles. The molecule has 0 spiro atoms. The first kappa shape index (κ1) is 28.4. The molecule has 0 unspecified atom stereocenters. The van der Waals surface area contributed by atoms with Gasteiger partial charge < -0.3 is 19.3 Å². The van der Waals surface area contributed by atoms with Gasteiger partial charge in [-0.05, 0) is 49.2 Å². The highest BCUT2D eigenvalue weighted by Crippen LogP contribution is 2.23. The molecule has 0 fully saturated rings. The summed E-state index contributed by atoms with van der Waals surface area (Å²) >= 11 is 0. The van der Waals surface area contributed by atoms with Crippen molar-refractivity contribution < 1.29 is 18.7 Å². The molecule has 0 atom stereocenters. The van der Waals surface area contributed by atoms with Crippen LogP contribution in [-0.2, 0) is 28.9 Å². The first-order valence-corrected chi connectivity index (χ1v) is 13.1. The van der Waals surface area contributed by atoms with Crippen molar-refractivity contribution in [2.45, 2.75) is 40.7 Å². The van der Waals surface area contributed by atoms with Crippen molar-refractivity contribution >= 4 is 5.97 Å². The quantitative estimate of drug-likeness (QED) is 0.233. The summed E-state index contributed by atoms with van der Waals surface area (Å²) in [5, 5.41) is 1.79. The number of nitrogens with zero attached hydrogens (tertiary/aromatic N) is 2. The Morgan fingerprint density at radius 2 is 1.65 bits per heavy atom. The van der Waals surface area contributed by atoms with Crippen LogP contribution in [0.15, 0.2) is 101 Å². The van der Waals surface area contributed by atoms with Crippen LogP contribution in [0.2, 0.25) is 0 Å². The lowest BCUT2D eigenvalue weighted by molar-refractivity contribution is -0.140. The molecule has 2 N–H and O–H groups in total. The molecule has 0 saturated heterocycles. The summed E-state index contributed by atoms with van der Waals surface area (Å²) in [5.41, 5.74) is 11.5. The summed E-state index contributed by atoms with van der Waals surface area (Å²) in [6, 6.07) is 27.7. The zero-order valence-corrected chi connectivity index (χ0v) is 22.1. The molecular formula is C32H36N4O4. The number of hydrazine groups is 2. The Labute approximate surface area is 235 Å². The maximum atomic E-state index is 12.8. The van der Waals surface area contributed by atoms with Crippen LogP contribution in [0.1, 0.15) is 36.9 Å². The van der Waals surface area contributed by atoms with E-state index >= 15 is 0 Å². The predicted octanol–water partition coefficient (Wildman–Crippen LogP) is 5.75. The van der Waals surface area contributed by atoms with E-state index in [1.54, 1.807) is 11.9 Å². The Bertz CT molecular complexity index is 1420. The third kappa shape index (κ3) is 6.90. The molecule has 5 rings (SSSR count). The van der Waals surface area contributed by atoms with Gasteiger partial charge in [-0.3, -0.25) is 5.01 Å². The van der Waals surface area contributed by atoms with Crippen molar-refractivity contribution in [1.29, 1.82) is 0 Å². The van der Waals surface area contributed by atoms with Gasteiger partial charge in [0.2, 0.25) is 5.89 Å². The number of oxazole rings is 1. The van der Waals surface area contributed by atoms with Crippen LogP contribution in [0.25, 0.3) is 11.5 Å². The van der Waals surface area contributed by atoms with Crippen LogP contribution >= 0.6 is 0 Å². The molecule has 40 heavy (non-hydrogen) atoms. The number of hydrogen-bond donors (Lipinski definition) is 2. The Kier molecular flexibility index (Phi) is 9.59. The van der Waals surface area contributed by atoms with Crippen LogP contribution in [0.4, 0.5) is 0 Å². The van der Waals surface area contributed by atoms with Crippen LogP contribution in [-0.4, -0.2) is 29.2 Å². The molecule has 0 bridgehead atoms. The maximum absolute atomic E-state index is 12.8. The fraction of sp³-hybridized carbons (Fsp3) is 0.250. The molecular weight excluding hydrogens is 504 g/mol. The van der Waals surface area contributed by atoms with Crippen LogP contribution in [0.3, 0.4) is 0 Å². The van der Waals surface area contributed by atoms with Gasteiger partial charge in [0.1, 0.15) is 11.5 Å². The van der Waals surface area contributed by atoms with Gasteiger partial charge in [0, 0.05) is 18.4 Å². The van der Waals surface area contributed by atoms with Crippen LogP contribution < -0.4 is 15.7 Å². The lowest BCUT2D eigenvalue weighted by Crippen LogP contribution is -2.39. The summed E-state index contributed by atoms with van der Waals surface area (Å²) in [6.45, 7) is 5.05. The second kappa shape index (κ2) is 13.5. The third-order valence-corrected chi connectivity index (χ3v) is 6.38. The second-order valence-corrected chi connectivity index (χ2v) is 9.16. The minimum atomic E-state index is -0.362. The van der Waals surface area contributed by atoms with Gasteiger partial charge in [-0.1, -0.05) is 68.1 Å². The largest absolute Gasteiger partial charge is 0.493 e. The zero-order valence-electron chi connectivity index (χ0n) is 22.1. The topological polar surface area (TPSA) is 88.9 Å². The van der Waals surface area contributed by atoms with Crippen molar-refractivity contribution in [3.8, 4) is 17.2 Å². The van der Waals surface area contributed by atoms with Gasteiger partial charge in [0.15, 0.2) is 5.70 Å². The Morgan fingerprint density at radius 3 is 2.35 bits per heavy atom. The average Bonchev–Trinajstić information content (AvgIpc) is 3.53. The number of aromatic nitrogens is 1. The Hall–Kier alpha value is -4.56. The molecule has 4 aromatic rings. The minimum Gasteiger partial charge on any atom is -0.493 e. The first-order valence-electron chi connectivity index (χ1n) is 13.1. The fourth-order valence-corrected chi connectivity index (χ4v) is 4.40. The minimum absolute atomic E-state index is 0. The lowest BCUT2D eigenvalue weighted by Gasteiger charge is -2.20. The van der Waals surface area contributed by atoms with E-state index in [9.17, 15) is 4.79 Å². The summed E-state index contributed by atoms with van der Waals surface area (Å²) in [6.07, 6.45) is 1.18. The normalized spacial score (nSPS) is 12.6. The van der Waals surface area contributed by atoms with E-state index in [2.05, 4.69) is 15.9 Å². The molecule has 0 radical (unpaired) electrons. The van der Waals surface area contributed by atoms with Gasteiger partial charge in [-0.15, -0.1) is 5.53 Å². The number of allylic oxidation sites excluding steroid dienone is 1. The highest BCUT2D eigenvalue weighted by Gasteiger charge is 2.29. The summed E-state index contributed by atoms with van der Waals surface area (Å²) in [5.74, 6) is 1.84. The Morgan fingerprint density at radius 1 is 0.950 bits per heavy atom. The molecule has 0 amide bonds. The highest BCUT2D eigenvalue weighted by molar-refractivity contribution is 5.89. The Balaban J connectivity index is 0.00000370. The molecule has 1 aliphatic heterocycles. The van der Waals surface area contributed by atoms with Gasteiger partial charge in [0.25, 0.3) is 0 Å². The number of carbonyl (C=O) groups is 1. The zero-order chi connectivity index (χ0) is 27.0. The van der Waals surface area contributed by atoms with Gasteiger partial charge in [0.05, 0.1) is 31.1 Å². The van der Waals surface area contributed by atoms with Crippen LogP contribution in [0.5, 0.6) is 5.75 Å². The molecule has 1 aliphatic rings. The summed E-state index contributed by atoms with van der Waals surface area (Å²) in [7, 11) is 0. The number of ether oxygens (including phenoxy) is 2. The fourth-order valence-electron chi connectivity index (χ4n) is 4.40. The number of benzene rings is 3. The lowest BCUT2D eigenvalue weighted by atomic mass is 10.1. The number of esters is 1. The summed E-state index contributed by atoms with van der Waals surface area (Å²) < 4.78 is 17.2. The van der Waals surface area contributed by atoms with Crippen molar-refractivity contribution in [3.63, 3.8) is 0 Å². The van der Waals surface area contributed by atoms with Crippen molar-refractivity contribution in [1.82, 2.24) is 21.0 Å². The second-order valence-electron chi connectivity index (χ2n) is 9.16. The molecule has 3 aromatic carbocycles. The predicted molar refractivity (Wildman–Crippen MR) is 155 cm³/mol. The van der Waals surface area contributed by atoms with E-state index < -0.39 is 0 Å². The maximum Gasteiger partial charge on any atom is 0.357 e. The van der Waals surface area contributed by atoms with E-state index in [1.165, 1.54) is 0 Å². The molecule has 208 valence electrons. The van der Waals surface area contributed by atoms with Crippen LogP contribution in [0, 0.1) is 6.92 Å². The number of nitrogens with one attached hydrogen (secondary N) is 2. The highest BCUT2D eigenvalue weighted by atomic mass is 16.5. The number of carbonyl (C=O) groups excluding carboxylic acids is 1. The number of rotatable bonds is 11. The van der Waals surface area contributed by atoms with Crippen molar-refractivity contribution in [3.05, 3.63) is 119 Å². The standard InChI is InChI=1S/C31H32N4O4.CH4/c1-3-37-31(36)29-28(33-34-35(29)21-24-10-6-4-7-11-24)20-23-14-16-26(17-15-23)38-19-18-27-22(2)39-30(32-27)25-12-8-5-9-13-25;/h4-17,33-34H,3,18-21H2,1-2H3;1H4. The van der Waals surface area contributed by atoms with Gasteiger partial charge in [-0.2, -0.15) is 0 Å². The van der Waals surface area contributed by atoms with E-state index in [0.29, 0.717) is 44.2 Å². The molecule has 0 aliphatic carbocycles. The van der Waals surface area contributed by atoms with Crippen molar-refractivity contribution in [2.75, 3.05) is 13.2 Å². The SMILES string of the molecule is C.CCOC(=O)C1=C(Cc2ccc(OCCc3nc(-c4ccccc4)oc3C)cc2)NNN1Cc1ccccc1. The van der Waals surface area contributed by atoms with Gasteiger partial charge >= 0.3 is 5.97 Å². The molecule has 1 aromatic heterocycles. The molecule has 8 heteroatoms.